The summed E-state index contributed by atoms with van der Waals surface area (Å²) >= 11 is 6.60. The van der Waals surface area contributed by atoms with Crippen LogP contribution in [0.2, 0.25) is 0 Å². The highest BCUT2D eigenvalue weighted by molar-refractivity contribution is 9.10. The van der Waals surface area contributed by atoms with Gasteiger partial charge in [0, 0.05) is 26.5 Å². The second-order valence-corrected chi connectivity index (χ2v) is 6.54. The molecule has 0 spiro atoms. The summed E-state index contributed by atoms with van der Waals surface area (Å²) < 4.78 is 21.4. The number of rotatable bonds is 1. The fourth-order valence-electron chi connectivity index (χ4n) is 2.37. The van der Waals surface area contributed by atoms with Crippen LogP contribution >= 0.6 is 31.9 Å². The van der Waals surface area contributed by atoms with Gasteiger partial charge in [0.1, 0.15) is 17.7 Å². The van der Waals surface area contributed by atoms with E-state index >= 15 is 0 Å². The molecule has 1 aliphatic rings. The van der Waals surface area contributed by atoms with Crippen LogP contribution in [0.1, 0.15) is 29.8 Å². The Bertz CT molecular complexity index is 660. The number of benzene rings is 2. The van der Waals surface area contributed by atoms with Gasteiger partial charge in [0.2, 0.25) is 0 Å². The maximum atomic E-state index is 14.0. The maximum Gasteiger partial charge on any atom is 0.131 e. The van der Waals surface area contributed by atoms with Gasteiger partial charge >= 0.3 is 0 Å². The number of hydrogen-bond acceptors (Lipinski definition) is 2. The molecule has 0 fully saturated rings. The van der Waals surface area contributed by atoms with Crippen LogP contribution in [0, 0.1) is 5.82 Å². The summed E-state index contributed by atoms with van der Waals surface area (Å²) in [5.74, 6) is 0.250. The van der Waals surface area contributed by atoms with Gasteiger partial charge in [-0.15, -0.1) is 0 Å². The Morgan fingerprint density at radius 2 is 1.70 bits per heavy atom. The monoisotopic (exact) mass is 400 g/mol. The van der Waals surface area contributed by atoms with Crippen molar-refractivity contribution in [1.29, 1.82) is 0 Å². The van der Waals surface area contributed by atoms with Gasteiger partial charge in [0.25, 0.3) is 0 Å². The molecule has 2 unspecified atom stereocenters. The van der Waals surface area contributed by atoms with Crippen LogP contribution in [0.5, 0.6) is 5.75 Å². The molecule has 5 heteroatoms. The number of aliphatic hydroxyl groups excluding tert-OH is 1. The van der Waals surface area contributed by atoms with E-state index in [1.54, 1.807) is 18.2 Å². The van der Waals surface area contributed by atoms with Gasteiger partial charge in [0.05, 0.1) is 6.10 Å². The highest BCUT2D eigenvalue weighted by Crippen LogP contribution is 2.42. The summed E-state index contributed by atoms with van der Waals surface area (Å²) in [4.78, 5) is 0. The smallest absolute Gasteiger partial charge is 0.131 e. The summed E-state index contributed by atoms with van der Waals surface area (Å²) in [5.41, 5.74) is 1.19. The van der Waals surface area contributed by atoms with Crippen LogP contribution in [-0.4, -0.2) is 5.11 Å². The molecule has 0 saturated carbocycles. The Morgan fingerprint density at radius 1 is 1.05 bits per heavy atom. The lowest BCUT2D eigenvalue weighted by Crippen LogP contribution is -2.20. The highest BCUT2D eigenvalue weighted by Gasteiger charge is 2.29. The second kappa shape index (κ2) is 5.47. The molecule has 0 bridgehead atoms. The Hall–Kier alpha value is -0.910. The van der Waals surface area contributed by atoms with Crippen LogP contribution in [0.25, 0.3) is 0 Å². The second-order valence-electron chi connectivity index (χ2n) is 4.71. The molecule has 1 N–H and O–H groups in total. The van der Waals surface area contributed by atoms with Crippen molar-refractivity contribution in [2.45, 2.75) is 18.6 Å². The number of hydrogen-bond donors (Lipinski definition) is 1. The number of fused-ring (bicyclic) bond motifs is 1. The molecule has 0 radical (unpaired) electrons. The van der Waals surface area contributed by atoms with E-state index in [-0.39, 0.29) is 5.82 Å². The summed E-state index contributed by atoms with van der Waals surface area (Å²) in [5, 5.41) is 10.2. The molecule has 3 rings (SSSR count). The predicted molar refractivity (Wildman–Crippen MR) is 81.2 cm³/mol. The Kier molecular flexibility index (Phi) is 3.84. The zero-order chi connectivity index (χ0) is 14.3. The van der Waals surface area contributed by atoms with Crippen LogP contribution in [0.3, 0.4) is 0 Å². The van der Waals surface area contributed by atoms with E-state index in [4.69, 9.17) is 4.74 Å². The number of ether oxygens (including phenoxy) is 1. The lowest BCUT2D eigenvalue weighted by Gasteiger charge is -2.30. The van der Waals surface area contributed by atoms with Crippen LogP contribution in [0.15, 0.2) is 45.3 Å². The van der Waals surface area contributed by atoms with Crippen molar-refractivity contribution in [1.82, 2.24) is 0 Å². The first-order valence-electron chi connectivity index (χ1n) is 6.13. The average Bonchev–Trinajstić information content (AvgIpc) is 2.37. The lowest BCUT2D eigenvalue weighted by atomic mass is 9.95. The van der Waals surface area contributed by atoms with Crippen molar-refractivity contribution in [2.75, 3.05) is 0 Å². The molecule has 0 saturated heterocycles. The molecule has 0 aliphatic carbocycles. The zero-order valence-corrected chi connectivity index (χ0v) is 13.5. The van der Waals surface area contributed by atoms with Crippen molar-refractivity contribution in [3.05, 3.63) is 62.3 Å². The Labute approximate surface area is 132 Å². The average molecular weight is 402 g/mol. The summed E-state index contributed by atoms with van der Waals surface area (Å²) in [6.07, 6.45) is -0.799. The minimum atomic E-state index is -0.653. The van der Waals surface area contributed by atoms with E-state index in [1.165, 1.54) is 6.07 Å². The molecule has 2 aromatic rings. The fraction of sp³-hybridized carbons (Fsp3) is 0.200. The third-order valence-electron chi connectivity index (χ3n) is 3.35. The molecule has 0 aromatic heterocycles. The van der Waals surface area contributed by atoms with E-state index in [2.05, 4.69) is 31.9 Å². The lowest BCUT2D eigenvalue weighted by molar-refractivity contribution is 0.0639. The van der Waals surface area contributed by atoms with Crippen LogP contribution in [0.4, 0.5) is 4.39 Å². The molecule has 1 aliphatic heterocycles. The van der Waals surface area contributed by atoms with E-state index in [0.29, 0.717) is 22.2 Å². The van der Waals surface area contributed by atoms with E-state index in [0.717, 1.165) is 10.0 Å². The number of halogens is 3. The molecule has 2 atom stereocenters. The molecule has 2 nitrogen and oxygen atoms in total. The third kappa shape index (κ3) is 2.62. The van der Waals surface area contributed by atoms with Gasteiger partial charge < -0.3 is 9.84 Å². The Balaban J connectivity index is 1.98. The third-order valence-corrected chi connectivity index (χ3v) is 4.34. The van der Waals surface area contributed by atoms with Crippen molar-refractivity contribution in [3.63, 3.8) is 0 Å². The zero-order valence-electron chi connectivity index (χ0n) is 10.3. The van der Waals surface area contributed by atoms with Gasteiger partial charge in [-0.1, -0.05) is 44.0 Å². The predicted octanol–water partition coefficient (Wildman–Crippen LogP) is 4.91. The molecule has 104 valence electrons. The van der Waals surface area contributed by atoms with E-state index in [1.807, 2.05) is 12.1 Å². The summed E-state index contributed by atoms with van der Waals surface area (Å²) in [6, 6.07) is 10.3. The van der Waals surface area contributed by atoms with Gasteiger partial charge in [-0.05, 0) is 24.3 Å². The van der Waals surface area contributed by atoms with E-state index < -0.39 is 12.2 Å². The summed E-state index contributed by atoms with van der Waals surface area (Å²) in [7, 11) is 0. The minimum absolute atomic E-state index is 0.338. The standard InChI is InChI=1S/C15H11Br2FO2/c16-8-1-3-10(12(18)5-8)15-7-13(19)11-4-2-9(17)6-14(11)20-15/h1-6,13,15,19H,7H2. The highest BCUT2D eigenvalue weighted by atomic mass is 79.9. The van der Waals surface area contributed by atoms with Gasteiger partial charge in [-0.2, -0.15) is 0 Å². The molecule has 20 heavy (non-hydrogen) atoms. The SMILES string of the molecule is OC1CC(c2ccc(Br)cc2F)Oc2cc(Br)ccc21. The topological polar surface area (TPSA) is 29.5 Å². The van der Waals surface area contributed by atoms with Gasteiger partial charge in [-0.25, -0.2) is 4.39 Å². The van der Waals surface area contributed by atoms with Gasteiger partial charge in [-0.3, -0.25) is 0 Å². The van der Waals surface area contributed by atoms with Crippen LogP contribution < -0.4 is 4.74 Å². The van der Waals surface area contributed by atoms with Crippen LogP contribution in [-0.2, 0) is 0 Å². The molecular formula is C15H11Br2FO2. The number of aliphatic hydroxyl groups is 1. The maximum absolute atomic E-state index is 14.0. The molecular weight excluding hydrogens is 391 g/mol. The van der Waals surface area contributed by atoms with Crippen molar-refractivity contribution in [3.8, 4) is 5.75 Å². The van der Waals surface area contributed by atoms with Crippen molar-refractivity contribution in [2.24, 2.45) is 0 Å². The Morgan fingerprint density at radius 3 is 2.40 bits per heavy atom. The first-order chi connectivity index (χ1) is 9.54. The van der Waals surface area contributed by atoms with E-state index in [9.17, 15) is 9.50 Å². The molecule has 2 aromatic carbocycles. The largest absolute Gasteiger partial charge is 0.485 e. The minimum Gasteiger partial charge on any atom is -0.485 e. The molecule has 1 heterocycles. The van der Waals surface area contributed by atoms with Crippen molar-refractivity contribution >= 4 is 31.9 Å². The first-order valence-corrected chi connectivity index (χ1v) is 7.72. The normalized spacial score (nSPS) is 21.2. The first kappa shape index (κ1) is 14.0. The fourth-order valence-corrected chi connectivity index (χ4v) is 3.04. The summed E-state index contributed by atoms with van der Waals surface area (Å²) in [6.45, 7) is 0. The quantitative estimate of drug-likeness (QED) is 0.735. The molecule has 0 amide bonds. The van der Waals surface area contributed by atoms with Gasteiger partial charge in [0.15, 0.2) is 0 Å². The van der Waals surface area contributed by atoms with Crippen molar-refractivity contribution < 1.29 is 14.2 Å².